The fourth-order valence-corrected chi connectivity index (χ4v) is 3.55. The van der Waals surface area contributed by atoms with E-state index in [-0.39, 0.29) is 45.8 Å². The predicted molar refractivity (Wildman–Crippen MR) is 107 cm³/mol. The summed E-state index contributed by atoms with van der Waals surface area (Å²) < 4.78 is 15.6. The van der Waals surface area contributed by atoms with Gasteiger partial charge in [-0.3, -0.25) is 9.59 Å². The molecule has 0 unspecified atom stereocenters. The third kappa shape index (κ3) is 3.76. The number of nitrogens with zero attached hydrogens (tertiary/aromatic N) is 2. The molecule has 2 aromatic heterocycles. The molecule has 0 spiro atoms. The summed E-state index contributed by atoms with van der Waals surface area (Å²) in [6, 6.07) is 5.86. The third-order valence-electron chi connectivity index (χ3n) is 4.74. The number of aromatic amines is 1. The van der Waals surface area contributed by atoms with Crippen LogP contribution >= 0.6 is 24.0 Å². The third-order valence-corrected chi connectivity index (χ3v) is 5.03. The zero-order chi connectivity index (χ0) is 19.0. The molecule has 0 radical (unpaired) electrons. The van der Waals surface area contributed by atoms with Crippen LogP contribution in [0.1, 0.15) is 34.8 Å². The molecule has 0 aliphatic carbocycles. The molecular formula is C18H18Cl2FN5O2. The molecule has 0 atom stereocenters. The summed E-state index contributed by atoms with van der Waals surface area (Å²) in [5, 5.41) is 9.96. The fraction of sp³-hybridized carbons (Fsp3) is 0.278. The normalized spacial score (nSPS) is 14.6. The number of benzene rings is 1. The van der Waals surface area contributed by atoms with Crippen molar-refractivity contribution in [1.29, 1.82) is 0 Å². The van der Waals surface area contributed by atoms with Crippen LogP contribution in [0.25, 0.3) is 5.65 Å². The second-order valence-corrected chi connectivity index (χ2v) is 6.86. The lowest BCUT2D eigenvalue weighted by Gasteiger charge is -2.23. The molecular weight excluding hydrogens is 408 g/mol. The van der Waals surface area contributed by atoms with E-state index in [0.717, 1.165) is 31.6 Å². The molecule has 0 saturated carbocycles. The number of carbonyl (C=O) groups excluding carboxylic acids is 1. The van der Waals surface area contributed by atoms with Crippen molar-refractivity contribution in [3.05, 3.63) is 62.9 Å². The number of hydrogen-bond donors (Lipinski definition) is 3. The molecule has 1 aromatic carbocycles. The van der Waals surface area contributed by atoms with Crippen molar-refractivity contribution in [2.75, 3.05) is 18.4 Å². The molecule has 28 heavy (non-hydrogen) atoms. The summed E-state index contributed by atoms with van der Waals surface area (Å²) in [5.41, 5.74) is 0.865. The number of anilines is 1. The molecule has 1 fully saturated rings. The van der Waals surface area contributed by atoms with E-state index in [2.05, 4.69) is 20.7 Å². The van der Waals surface area contributed by atoms with E-state index in [0.29, 0.717) is 0 Å². The maximum Gasteiger partial charge on any atom is 0.261 e. The zero-order valence-electron chi connectivity index (χ0n) is 14.7. The van der Waals surface area contributed by atoms with E-state index in [1.165, 1.54) is 30.5 Å². The number of aromatic nitrogens is 3. The Labute approximate surface area is 170 Å². The Morgan fingerprint density at radius 1 is 1.32 bits per heavy atom. The summed E-state index contributed by atoms with van der Waals surface area (Å²) in [5.74, 6) is -1.12. The standard InChI is InChI=1S/C18H17ClFN5O2.ClH/c19-12-2-1-3-13(16(12)20)23-18(27)11-9-22-25-14(8-15(26)24-17(11)25)10-4-6-21-7-5-10;/h1-3,8-10,21H,4-7H2,(H,23,27)(H,24,26);1H. The average molecular weight is 426 g/mol. The van der Waals surface area contributed by atoms with E-state index in [1.807, 2.05) is 0 Å². The van der Waals surface area contributed by atoms with Crippen molar-refractivity contribution in [1.82, 2.24) is 19.9 Å². The van der Waals surface area contributed by atoms with E-state index in [9.17, 15) is 14.0 Å². The average Bonchev–Trinajstić information content (AvgIpc) is 3.09. The van der Waals surface area contributed by atoms with Crippen LogP contribution in [0, 0.1) is 5.82 Å². The van der Waals surface area contributed by atoms with E-state index in [4.69, 9.17) is 11.6 Å². The van der Waals surface area contributed by atoms with Crippen molar-refractivity contribution >= 4 is 41.2 Å². The number of fused-ring (bicyclic) bond motifs is 1. The molecule has 0 bridgehead atoms. The highest BCUT2D eigenvalue weighted by molar-refractivity contribution is 6.31. The minimum atomic E-state index is -0.715. The van der Waals surface area contributed by atoms with Crippen LogP contribution in [0.2, 0.25) is 5.02 Å². The van der Waals surface area contributed by atoms with Crippen molar-refractivity contribution < 1.29 is 9.18 Å². The van der Waals surface area contributed by atoms with Crippen molar-refractivity contribution in [3.63, 3.8) is 0 Å². The fourth-order valence-electron chi connectivity index (χ4n) is 3.38. The predicted octanol–water partition coefficient (Wildman–Crippen LogP) is 2.96. The monoisotopic (exact) mass is 425 g/mol. The van der Waals surface area contributed by atoms with Gasteiger partial charge in [0.05, 0.1) is 22.6 Å². The van der Waals surface area contributed by atoms with E-state index < -0.39 is 11.7 Å². The molecule has 3 aromatic rings. The Hall–Kier alpha value is -2.42. The largest absolute Gasteiger partial charge is 0.319 e. The first kappa shape index (κ1) is 20.3. The molecule has 3 heterocycles. The van der Waals surface area contributed by atoms with Gasteiger partial charge in [0, 0.05) is 12.0 Å². The molecule has 4 rings (SSSR count). The van der Waals surface area contributed by atoms with Crippen molar-refractivity contribution in [3.8, 4) is 0 Å². The minimum absolute atomic E-state index is 0. The summed E-state index contributed by atoms with van der Waals surface area (Å²) in [7, 11) is 0. The van der Waals surface area contributed by atoms with Gasteiger partial charge in [0.25, 0.3) is 11.5 Å². The quantitative estimate of drug-likeness (QED) is 0.601. The first-order valence-corrected chi connectivity index (χ1v) is 8.99. The summed E-state index contributed by atoms with van der Waals surface area (Å²) in [6.45, 7) is 1.73. The second kappa shape index (κ2) is 8.30. The van der Waals surface area contributed by atoms with Crippen LogP contribution in [0.15, 0.2) is 35.3 Å². The number of amides is 1. The molecule has 1 saturated heterocycles. The van der Waals surface area contributed by atoms with Gasteiger partial charge in [-0.1, -0.05) is 17.7 Å². The van der Waals surface area contributed by atoms with Gasteiger partial charge in [-0.05, 0) is 38.1 Å². The maximum absolute atomic E-state index is 14.1. The summed E-state index contributed by atoms with van der Waals surface area (Å²) in [6.07, 6.45) is 3.13. The number of nitrogens with one attached hydrogen (secondary N) is 3. The van der Waals surface area contributed by atoms with Gasteiger partial charge in [0.2, 0.25) is 0 Å². The first-order chi connectivity index (χ1) is 13.0. The van der Waals surface area contributed by atoms with E-state index >= 15 is 0 Å². The van der Waals surface area contributed by atoms with Crippen LogP contribution < -0.4 is 16.2 Å². The second-order valence-electron chi connectivity index (χ2n) is 6.46. The van der Waals surface area contributed by atoms with Crippen LogP contribution in [-0.2, 0) is 0 Å². The molecule has 1 amide bonds. The van der Waals surface area contributed by atoms with Crippen molar-refractivity contribution in [2.45, 2.75) is 18.8 Å². The Morgan fingerprint density at radius 2 is 2.07 bits per heavy atom. The van der Waals surface area contributed by atoms with Gasteiger partial charge in [0.15, 0.2) is 5.82 Å². The number of H-pyrrole nitrogens is 1. The van der Waals surface area contributed by atoms with Gasteiger partial charge in [-0.2, -0.15) is 5.10 Å². The lowest BCUT2D eigenvalue weighted by atomic mass is 9.94. The summed E-state index contributed by atoms with van der Waals surface area (Å²) >= 11 is 5.75. The van der Waals surface area contributed by atoms with Crippen molar-refractivity contribution in [2.24, 2.45) is 0 Å². The molecule has 10 heteroatoms. The minimum Gasteiger partial charge on any atom is -0.319 e. The number of piperidine rings is 1. The zero-order valence-corrected chi connectivity index (χ0v) is 16.2. The maximum atomic E-state index is 14.1. The number of carbonyl (C=O) groups is 1. The molecule has 1 aliphatic rings. The SMILES string of the molecule is Cl.O=C(Nc1cccc(Cl)c1F)c1cnn2c(C3CCNCC3)cc(=O)[nH]c12. The number of halogens is 3. The Kier molecular flexibility index (Phi) is 6.02. The highest BCUT2D eigenvalue weighted by Gasteiger charge is 2.22. The van der Waals surface area contributed by atoms with Gasteiger partial charge in [0.1, 0.15) is 11.2 Å². The number of rotatable bonds is 3. The Morgan fingerprint density at radius 3 is 2.82 bits per heavy atom. The highest BCUT2D eigenvalue weighted by Crippen LogP contribution is 2.26. The molecule has 1 aliphatic heterocycles. The van der Waals surface area contributed by atoms with Crippen LogP contribution in [0.3, 0.4) is 0 Å². The molecule has 148 valence electrons. The highest BCUT2D eigenvalue weighted by atomic mass is 35.5. The van der Waals surface area contributed by atoms with E-state index in [1.54, 1.807) is 4.52 Å². The smallest absolute Gasteiger partial charge is 0.261 e. The summed E-state index contributed by atoms with van der Waals surface area (Å²) in [4.78, 5) is 27.5. The van der Waals surface area contributed by atoms with Crippen LogP contribution in [0.4, 0.5) is 10.1 Å². The van der Waals surface area contributed by atoms with Crippen LogP contribution in [-0.4, -0.2) is 33.6 Å². The molecule has 7 nitrogen and oxygen atoms in total. The van der Waals surface area contributed by atoms with Gasteiger partial charge >= 0.3 is 0 Å². The van der Waals surface area contributed by atoms with Gasteiger partial charge < -0.3 is 15.6 Å². The molecule has 3 N–H and O–H groups in total. The lowest BCUT2D eigenvalue weighted by molar-refractivity contribution is 0.102. The van der Waals surface area contributed by atoms with Gasteiger partial charge in [-0.25, -0.2) is 8.91 Å². The van der Waals surface area contributed by atoms with Crippen LogP contribution in [0.5, 0.6) is 0 Å². The Bertz CT molecular complexity index is 1080. The topological polar surface area (TPSA) is 91.3 Å². The first-order valence-electron chi connectivity index (χ1n) is 8.61. The van der Waals surface area contributed by atoms with Gasteiger partial charge in [-0.15, -0.1) is 12.4 Å². The number of hydrogen-bond acceptors (Lipinski definition) is 4. The Balaban J connectivity index is 0.00000225. The lowest BCUT2D eigenvalue weighted by Crippen LogP contribution is -2.28.